The number of hydrogen-bond acceptors (Lipinski definition) is 3. The molecule has 2 fully saturated rings. The zero-order valence-corrected chi connectivity index (χ0v) is 18.7. The number of aromatic nitrogens is 1. The lowest BCUT2D eigenvalue weighted by atomic mass is 9.82. The molecule has 33 heavy (non-hydrogen) atoms. The summed E-state index contributed by atoms with van der Waals surface area (Å²) < 4.78 is 1.93. The molecule has 2 atom stereocenters. The van der Waals surface area contributed by atoms with E-state index in [1.807, 2.05) is 22.8 Å². The fourth-order valence-corrected chi connectivity index (χ4v) is 6.10. The van der Waals surface area contributed by atoms with Gasteiger partial charge in [-0.1, -0.05) is 66.7 Å². The van der Waals surface area contributed by atoms with Crippen LogP contribution in [0.1, 0.15) is 35.2 Å². The summed E-state index contributed by atoms with van der Waals surface area (Å²) in [4.78, 5) is 30.3. The van der Waals surface area contributed by atoms with Crippen LogP contribution in [0.15, 0.2) is 83.7 Å². The number of rotatable bonds is 4. The van der Waals surface area contributed by atoms with E-state index in [0.29, 0.717) is 5.92 Å². The maximum absolute atomic E-state index is 13.5. The number of carbonyl (C=O) groups is 1. The Morgan fingerprint density at radius 2 is 1.42 bits per heavy atom. The van der Waals surface area contributed by atoms with Crippen LogP contribution < -0.4 is 5.56 Å². The van der Waals surface area contributed by atoms with Gasteiger partial charge in [0.05, 0.1) is 12.0 Å². The normalized spacial score (nSPS) is 22.6. The highest BCUT2D eigenvalue weighted by Gasteiger charge is 2.43. The molecule has 2 aromatic carbocycles. The summed E-state index contributed by atoms with van der Waals surface area (Å²) in [7, 11) is 0. The molecule has 3 aromatic rings. The standard InChI is InChI=1S/C28H29N3O2/c32-26-13-7-12-25-23-14-20(16-31(25)26)15-30(17-23)28(33)24-18-29(19-24)27(21-8-3-1-4-9-21)22-10-5-2-6-11-22/h1-13,20,23-24,27H,14-19H2. The van der Waals surface area contributed by atoms with Crippen molar-refractivity contribution in [2.45, 2.75) is 24.9 Å². The van der Waals surface area contributed by atoms with Crippen LogP contribution in [0.2, 0.25) is 0 Å². The predicted octanol–water partition coefficient (Wildman–Crippen LogP) is 3.52. The van der Waals surface area contributed by atoms with Gasteiger partial charge < -0.3 is 9.47 Å². The van der Waals surface area contributed by atoms with Gasteiger partial charge in [0.15, 0.2) is 0 Å². The first-order chi connectivity index (χ1) is 16.2. The number of benzene rings is 2. The SMILES string of the molecule is O=C(C1CN(C(c2ccccc2)c2ccccc2)C1)N1CC2CC(C1)c1cccc(=O)n1C2. The van der Waals surface area contributed by atoms with E-state index < -0.39 is 0 Å². The van der Waals surface area contributed by atoms with Crippen molar-refractivity contribution >= 4 is 5.91 Å². The lowest BCUT2D eigenvalue weighted by Crippen LogP contribution is -2.58. The average Bonchev–Trinajstić information content (AvgIpc) is 2.82. The van der Waals surface area contributed by atoms with Crippen molar-refractivity contribution < 1.29 is 4.79 Å². The van der Waals surface area contributed by atoms with Gasteiger partial charge in [-0.15, -0.1) is 0 Å². The second-order valence-corrected chi connectivity index (χ2v) is 9.82. The predicted molar refractivity (Wildman–Crippen MR) is 128 cm³/mol. The fourth-order valence-electron chi connectivity index (χ4n) is 6.10. The van der Waals surface area contributed by atoms with Gasteiger partial charge in [-0.05, 0) is 29.5 Å². The Morgan fingerprint density at radius 1 is 0.758 bits per heavy atom. The van der Waals surface area contributed by atoms with Crippen molar-refractivity contribution in [2.24, 2.45) is 11.8 Å². The first-order valence-corrected chi connectivity index (χ1v) is 12.0. The summed E-state index contributed by atoms with van der Waals surface area (Å²) in [5.41, 5.74) is 3.72. The molecule has 2 bridgehead atoms. The lowest BCUT2D eigenvalue weighted by molar-refractivity contribution is -0.144. The number of likely N-dealkylation sites (tertiary alicyclic amines) is 2. The summed E-state index contributed by atoms with van der Waals surface area (Å²) >= 11 is 0. The molecular weight excluding hydrogens is 410 g/mol. The fraction of sp³-hybridized carbons (Fsp3) is 0.357. The molecule has 3 aliphatic heterocycles. The molecule has 5 nitrogen and oxygen atoms in total. The van der Waals surface area contributed by atoms with Crippen molar-refractivity contribution in [3.8, 4) is 0 Å². The van der Waals surface area contributed by atoms with Crippen molar-refractivity contribution in [1.82, 2.24) is 14.4 Å². The number of hydrogen-bond donors (Lipinski definition) is 0. The Morgan fingerprint density at radius 3 is 2.09 bits per heavy atom. The van der Waals surface area contributed by atoms with Crippen LogP contribution in [-0.4, -0.2) is 46.5 Å². The van der Waals surface area contributed by atoms with Gasteiger partial charge in [0.1, 0.15) is 0 Å². The van der Waals surface area contributed by atoms with Gasteiger partial charge in [-0.2, -0.15) is 0 Å². The Balaban J connectivity index is 1.17. The maximum Gasteiger partial charge on any atom is 0.250 e. The highest BCUT2D eigenvalue weighted by Crippen LogP contribution is 2.38. The zero-order valence-electron chi connectivity index (χ0n) is 18.7. The smallest absolute Gasteiger partial charge is 0.250 e. The maximum atomic E-state index is 13.5. The van der Waals surface area contributed by atoms with Gasteiger partial charge in [0, 0.05) is 50.4 Å². The number of carbonyl (C=O) groups excluding carboxylic acids is 1. The van der Waals surface area contributed by atoms with Gasteiger partial charge in [0.25, 0.3) is 5.56 Å². The summed E-state index contributed by atoms with van der Waals surface area (Å²) in [6.07, 6.45) is 1.08. The Labute approximate surface area is 194 Å². The minimum Gasteiger partial charge on any atom is -0.341 e. The molecule has 2 saturated heterocycles. The molecule has 0 saturated carbocycles. The molecule has 0 radical (unpaired) electrons. The second kappa shape index (κ2) is 8.31. The number of amides is 1. The van der Waals surface area contributed by atoms with Gasteiger partial charge in [-0.25, -0.2) is 0 Å². The van der Waals surface area contributed by atoms with E-state index >= 15 is 0 Å². The largest absolute Gasteiger partial charge is 0.341 e. The van der Waals surface area contributed by atoms with Gasteiger partial charge >= 0.3 is 0 Å². The average molecular weight is 440 g/mol. The Kier molecular flexibility index (Phi) is 5.14. The second-order valence-electron chi connectivity index (χ2n) is 9.82. The zero-order chi connectivity index (χ0) is 22.4. The molecule has 0 aliphatic carbocycles. The van der Waals surface area contributed by atoms with Crippen LogP contribution in [0, 0.1) is 11.8 Å². The molecule has 0 N–H and O–H groups in total. The van der Waals surface area contributed by atoms with Crippen molar-refractivity contribution in [1.29, 1.82) is 0 Å². The van der Waals surface area contributed by atoms with Crippen molar-refractivity contribution in [3.63, 3.8) is 0 Å². The number of fused-ring (bicyclic) bond motifs is 4. The lowest BCUT2D eigenvalue weighted by Gasteiger charge is -2.48. The number of pyridine rings is 1. The third-order valence-corrected chi connectivity index (χ3v) is 7.65. The topological polar surface area (TPSA) is 45.6 Å². The third-order valence-electron chi connectivity index (χ3n) is 7.65. The molecule has 0 spiro atoms. The minimum absolute atomic E-state index is 0.0525. The molecule has 168 valence electrons. The van der Waals surface area contributed by atoms with E-state index in [1.165, 1.54) is 11.1 Å². The first kappa shape index (κ1) is 20.4. The summed E-state index contributed by atoms with van der Waals surface area (Å²) in [5.74, 6) is 0.982. The van der Waals surface area contributed by atoms with E-state index in [1.54, 1.807) is 6.07 Å². The molecular formula is C28H29N3O2. The summed E-state index contributed by atoms with van der Waals surface area (Å²) in [5, 5.41) is 0. The van der Waals surface area contributed by atoms with Crippen LogP contribution in [0.3, 0.4) is 0 Å². The molecule has 3 aliphatic rings. The number of piperidine rings is 1. The van der Waals surface area contributed by atoms with E-state index in [2.05, 4.69) is 64.4 Å². The molecule has 6 rings (SSSR count). The highest BCUT2D eigenvalue weighted by atomic mass is 16.2. The van der Waals surface area contributed by atoms with Crippen LogP contribution in [-0.2, 0) is 11.3 Å². The Hall–Kier alpha value is -3.18. The van der Waals surface area contributed by atoms with E-state index in [9.17, 15) is 9.59 Å². The molecule has 1 aromatic heterocycles. The van der Waals surface area contributed by atoms with Crippen molar-refractivity contribution in [2.75, 3.05) is 26.2 Å². The van der Waals surface area contributed by atoms with Crippen LogP contribution in [0.25, 0.3) is 0 Å². The molecule has 4 heterocycles. The first-order valence-electron chi connectivity index (χ1n) is 12.0. The van der Waals surface area contributed by atoms with Crippen LogP contribution in [0.4, 0.5) is 0 Å². The van der Waals surface area contributed by atoms with Crippen LogP contribution >= 0.6 is 0 Å². The highest BCUT2D eigenvalue weighted by molar-refractivity contribution is 5.80. The van der Waals surface area contributed by atoms with Crippen LogP contribution in [0.5, 0.6) is 0 Å². The summed E-state index contributed by atoms with van der Waals surface area (Å²) in [6.45, 7) is 3.81. The number of nitrogens with zero attached hydrogens (tertiary/aromatic N) is 3. The quantitative estimate of drug-likeness (QED) is 0.625. The van der Waals surface area contributed by atoms with Gasteiger partial charge in [0.2, 0.25) is 5.91 Å². The van der Waals surface area contributed by atoms with Gasteiger partial charge in [-0.3, -0.25) is 14.5 Å². The summed E-state index contributed by atoms with van der Waals surface area (Å²) in [6, 6.07) is 26.9. The Bertz CT molecular complexity index is 1160. The third kappa shape index (κ3) is 3.70. The molecule has 5 heteroatoms. The molecule has 2 unspecified atom stereocenters. The van der Waals surface area contributed by atoms with Crippen molar-refractivity contribution in [3.05, 3.63) is 106 Å². The van der Waals surface area contributed by atoms with E-state index in [0.717, 1.165) is 44.8 Å². The minimum atomic E-state index is 0.0525. The monoisotopic (exact) mass is 439 g/mol. The van der Waals surface area contributed by atoms with E-state index in [4.69, 9.17) is 0 Å². The van der Waals surface area contributed by atoms with E-state index in [-0.39, 0.29) is 29.3 Å². The molecule has 1 amide bonds.